The topological polar surface area (TPSA) is 62.8 Å². The number of aryl methyl sites for hydroxylation is 2. The van der Waals surface area contributed by atoms with E-state index in [0.717, 1.165) is 5.75 Å². The van der Waals surface area contributed by atoms with Crippen LogP contribution in [0, 0.1) is 13.8 Å². The summed E-state index contributed by atoms with van der Waals surface area (Å²) in [6, 6.07) is 5.72. The molecule has 0 aliphatic carbocycles. The minimum Gasteiger partial charge on any atom is -0.507 e. The van der Waals surface area contributed by atoms with Gasteiger partial charge < -0.3 is 9.52 Å². The van der Waals surface area contributed by atoms with Crippen molar-refractivity contribution in [1.82, 2.24) is 0 Å². The predicted molar refractivity (Wildman–Crippen MR) is 91.7 cm³/mol. The fraction of sp³-hybridized carbons (Fsp3) is 0.375. The summed E-state index contributed by atoms with van der Waals surface area (Å²) >= 11 is 3.62. The van der Waals surface area contributed by atoms with Crippen LogP contribution in [0.5, 0.6) is 5.75 Å². The van der Waals surface area contributed by atoms with Gasteiger partial charge in [-0.15, -0.1) is 11.3 Å². The lowest BCUT2D eigenvalue weighted by Crippen LogP contribution is -2.16. The van der Waals surface area contributed by atoms with E-state index < -0.39 is 5.63 Å². The fourth-order valence-electron chi connectivity index (χ4n) is 2.53. The summed E-state index contributed by atoms with van der Waals surface area (Å²) in [7, 11) is 0. The molecule has 1 aliphatic rings. The third-order valence-electron chi connectivity index (χ3n) is 3.51. The van der Waals surface area contributed by atoms with Crippen molar-refractivity contribution >= 4 is 28.8 Å². The van der Waals surface area contributed by atoms with E-state index >= 15 is 0 Å². The summed E-state index contributed by atoms with van der Waals surface area (Å²) in [6.07, 6.45) is 0.631. The SMILES string of the molecule is Cc1cc(O)c(C2=NCCSC(c3ccc(C)s3)C2)c(=O)o1. The highest BCUT2D eigenvalue weighted by Gasteiger charge is 2.24. The Kier molecular flexibility index (Phi) is 4.40. The van der Waals surface area contributed by atoms with Crippen LogP contribution in [0.2, 0.25) is 0 Å². The van der Waals surface area contributed by atoms with Crippen LogP contribution in [0.25, 0.3) is 0 Å². The van der Waals surface area contributed by atoms with Crippen LogP contribution in [0.15, 0.2) is 32.4 Å². The first-order valence-electron chi connectivity index (χ1n) is 7.10. The van der Waals surface area contributed by atoms with Crippen molar-refractivity contribution < 1.29 is 9.52 Å². The maximum Gasteiger partial charge on any atom is 0.348 e. The predicted octanol–water partition coefficient (Wildman–Crippen LogP) is 3.69. The zero-order valence-electron chi connectivity index (χ0n) is 12.5. The molecule has 0 saturated heterocycles. The van der Waals surface area contributed by atoms with Gasteiger partial charge in [-0.2, -0.15) is 11.8 Å². The Hall–Kier alpha value is -1.53. The molecule has 0 bridgehead atoms. The average molecular weight is 335 g/mol. The number of nitrogens with zero attached hydrogens (tertiary/aromatic N) is 1. The van der Waals surface area contributed by atoms with Gasteiger partial charge in [0.15, 0.2) is 0 Å². The van der Waals surface area contributed by atoms with Crippen molar-refractivity contribution in [1.29, 1.82) is 0 Å². The molecule has 22 heavy (non-hydrogen) atoms. The Morgan fingerprint density at radius 3 is 2.86 bits per heavy atom. The van der Waals surface area contributed by atoms with Gasteiger partial charge in [0, 0.05) is 39.8 Å². The average Bonchev–Trinajstić information content (AvgIpc) is 2.73. The van der Waals surface area contributed by atoms with E-state index in [4.69, 9.17) is 4.42 Å². The molecule has 0 radical (unpaired) electrons. The second kappa shape index (κ2) is 6.30. The zero-order chi connectivity index (χ0) is 15.7. The van der Waals surface area contributed by atoms with E-state index in [0.29, 0.717) is 24.4 Å². The van der Waals surface area contributed by atoms with Crippen molar-refractivity contribution in [2.75, 3.05) is 12.3 Å². The molecular weight excluding hydrogens is 318 g/mol. The minimum atomic E-state index is -0.510. The lowest BCUT2D eigenvalue weighted by molar-refractivity contribution is 0.432. The van der Waals surface area contributed by atoms with Gasteiger partial charge in [-0.3, -0.25) is 4.99 Å². The maximum atomic E-state index is 12.1. The third-order valence-corrected chi connectivity index (χ3v) is 6.02. The second-order valence-corrected chi connectivity index (χ2v) is 7.88. The van der Waals surface area contributed by atoms with Crippen LogP contribution in [0.4, 0.5) is 0 Å². The summed E-state index contributed by atoms with van der Waals surface area (Å²) in [5.74, 6) is 1.27. The van der Waals surface area contributed by atoms with Gasteiger partial charge in [-0.1, -0.05) is 0 Å². The van der Waals surface area contributed by atoms with Gasteiger partial charge in [0.25, 0.3) is 0 Å². The number of thiophene rings is 1. The minimum absolute atomic E-state index is 0.0412. The molecule has 1 atom stereocenters. The summed E-state index contributed by atoms with van der Waals surface area (Å²) < 4.78 is 5.13. The second-order valence-electron chi connectivity index (χ2n) is 5.25. The normalized spacial score (nSPS) is 18.8. The molecule has 2 aromatic heterocycles. The maximum absolute atomic E-state index is 12.1. The number of hydrogen-bond donors (Lipinski definition) is 1. The van der Waals surface area contributed by atoms with Crippen molar-refractivity contribution in [3.63, 3.8) is 0 Å². The van der Waals surface area contributed by atoms with E-state index in [-0.39, 0.29) is 16.6 Å². The Labute approximate surface area is 136 Å². The Morgan fingerprint density at radius 2 is 2.18 bits per heavy atom. The van der Waals surface area contributed by atoms with E-state index in [2.05, 4.69) is 24.0 Å². The molecule has 0 saturated carbocycles. The molecule has 0 aromatic carbocycles. The molecule has 3 rings (SSSR count). The van der Waals surface area contributed by atoms with Crippen molar-refractivity contribution in [3.05, 3.63) is 49.7 Å². The van der Waals surface area contributed by atoms with E-state index in [9.17, 15) is 9.90 Å². The van der Waals surface area contributed by atoms with Crippen LogP contribution >= 0.6 is 23.1 Å². The summed E-state index contributed by atoms with van der Waals surface area (Å²) in [5, 5.41) is 10.4. The highest BCUT2D eigenvalue weighted by Crippen LogP contribution is 2.39. The van der Waals surface area contributed by atoms with Crippen LogP contribution < -0.4 is 5.63 Å². The number of hydrogen-bond acceptors (Lipinski definition) is 6. The monoisotopic (exact) mass is 335 g/mol. The molecule has 0 spiro atoms. The first-order valence-corrected chi connectivity index (χ1v) is 8.96. The van der Waals surface area contributed by atoms with Crippen molar-refractivity contribution in [3.8, 4) is 5.75 Å². The third kappa shape index (κ3) is 3.13. The molecule has 0 amide bonds. The number of thioether (sulfide) groups is 1. The Balaban J connectivity index is 1.97. The summed E-state index contributed by atoms with van der Waals surface area (Å²) in [6.45, 7) is 4.38. The van der Waals surface area contributed by atoms with E-state index in [1.807, 2.05) is 11.8 Å². The van der Waals surface area contributed by atoms with Crippen LogP contribution in [0.1, 0.15) is 32.7 Å². The van der Waals surface area contributed by atoms with Gasteiger partial charge >= 0.3 is 5.63 Å². The Morgan fingerprint density at radius 1 is 1.36 bits per heavy atom. The molecule has 116 valence electrons. The molecule has 6 heteroatoms. The molecule has 2 aromatic rings. The van der Waals surface area contributed by atoms with Crippen molar-refractivity contribution in [2.24, 2.45) is 4.99 Å². The molecule has 0 fully saturated rings. The smallest absolute Gasteiger partial charge is 0.348 e. The van der Waals surface area contributed by atoms with Gasteiger partial charge in [-0.25, -0.2) is 4.79 Å². The molecule has 1 N–H and O–H groups in total. The highest BCUT2D eigenvalue weighted by atomic mass is 32.2. The molecule has 1 unspecified atom stereocenters. The van der Waals surface area contributed by atoms with Gasteiger partial charge in [-0.05, 0) is 26.0 Å². The van der Waals surface area contributed by atoms with Crippen molar-refractivity contribution in [2.45, 2.75) is 25.5 Å². The lowest BCUT2D eigenvalue weighted by atomic mass is 10.1. The van der Waals surface area contributed by atoms with Crippen LogP contribution in [0.3, 0.4) is 0 Å². The first-order chi connectivity index (χ1) is 10.5. The summed E-state index contributed by atoms with van der Waals surface area (Å²) in [5.41, 5.74) is 0.350. The first kappa shape index (κ1) is 15.4. The summed E-state index contributed by atoms with van der Waals surface area (Å²) in [4.78, 5) is 19.2. The van der Waals surface area contributed by atoms with Crippen LogP contribution in [-0.4, -0.2) is 23.1 Å². The largest absolute Gasteiger partial charge is 0.507 e. The Bertz CT molecular complexity index is 776. The van der Waals surface area contributed by atoms with Crippen LogP contribution in [-0.2, 0) is 0 Å². The standard InChI is InChI=1S/C16H17NO3S2/c1-9-7-12(18)15(16(19)20-9)11-8-14(21-6-5-17-11)13-4-3-10(2)22-13/h3-4,7,14,18H,5-6,8H2,1-2H3. The fourth-order valence-corrected chi connectivity index (χ4v) is 4.73. The zero-order valence-corrected chi connectivity index (χ0v) is 14.1. The molecule has 4 nitrogen and oxygen atoms in total. The quantitative estimate of drug-likeness (QED) is 0.909. The lowest BCUT2D eigenvalue weighted by Gasteiger charge is -2.13. The van der Waals surface area contributed by atoms with E-state index in [1.165, 1.54) is 15.8 Å². The van der Waals surface area contributed by atoms with Gasteiger partial charge in [0.2, 0.25) is 0 Å². The highest BCUT2D eigenvalue weighted by molar-refractivity contribution is 7.99. The molecule has 3 heterocycles. The molecular formula is C16H17NO3S2. The van der Waals surface area contributed by atoms with Gasteiger partial charge in [0.1, 0.15) is 17.1 Å². The number of aromatic hydroxyl groups is 1. The molecule has 1 aliphatic heterocycles. The van der Waals surface area contributed by atoms with E-state index in [1.54, 1.807) is 18.3 Å². The van der Waals surface area contributed by atoms with Gasteiger partial charge in [0.05, 0.1) is 5.71 Å². The number of rotatable bonds is 2. The number of aliphatic imine (C=N–C) groups is 1.